The number of alkyl halides is 2. The number of ether oxygens (including phenoxy) is 1. The highest BCUT2D eigenvalue weighted by atomic mass is 19.3. The first kappa shape index (κ1) is 22.3. The second-order valence-electron chi connectivity index (χ2n) is 7.76. The summed E-state index contributed by atoms with van der Waals surface area (Å²) in [4.78, 5) is 2.10. The van der Waals surface area contributed by atoms with Crippen molar-refractivity contribution in [2.24, 2.45) is 5.92 Å². The van der Waals surface area contributed by atoms with Gasteiger partial charge in [-0.1, -0.05) is 27.2 Å². The van der Waals surface area contributed by atoms with Gasteiger partial charge in [0.15, 0.2) is 0 Å². The van der Waals surface area contributed by atoms with Crippen molar-refractivity contribution in [3.63, 3.8) is 0 Å². The predicted molar refractivity (Wildman–Crippen MR) is 105 cm³/mol. The first-order valence-corrected chi connectivity index (χ1v) is 9.69. The second kappa shape index (κ2) is 9.45. The third-order valence-corrected chi connectivity index (χ3v) is 4.44. The van der Waals surface area contributed by atoms with Crippen molar-refractivity contribution in [2.45, 2.75) is 53.0 Å². The van der Waals surface area contributed by atoms with Gasteiger partial charge in [-0.05, 0) is 38.1 Å². The summed E-state index contributed by atoms with van der Waals surface area (Å²) in [7, 11) is 1.97. The molecule has 0 radical (unpaired) electrons. The molecule has 1 aromatic heterocycles. The van der Waals surface area contributed by atoms with Crippen LogP contribution in [0.25, 0.3) is 11.3 Å². The number of halogens is 3. The van der Waals surface area contributed by atoms with Gasteiger partial charge >= 0.3 is 0 Å². The molecule has 0 amide bonds. The van der Waals surface area contributed by atoms with Crippen molar-refractivity contribution in [3.05, 3.63) is 35.3 Å². The van der Waals surface area contributed by atoms with E-state index in [2.05, 4.69) is 22.0 Å². The normalized spacial score (nSPS) is 12.2. The zero-order chi connectivity index (χ0) is 20.9. The van der Waals surface area contributed by atoms with Gasteiger partial charge in [-0.15, -0.1) is 0 Å². The van der Waals surface area contributed by atoms with Crippen LogP contribution in [0.1, 0.15) is 51.7 Å². The van der Waals surface area contributed by atoms with Crippen LogP contribution in [0.5, 0.6) is 5.75 Å². The largest absolute Gasteiger partial charge is 0.493 e. The first-order valence-electron chi connectivity index (χ1n) is 9.69. The lowest BCUT2D eigenvalue weighted by Gasteiger charge is -2.20. The Labute approximate surface area is 165 Å². The molecule has 1 heterocycles. The molecule has 0 unspecified atom stereocenters. The van der Waals surface area contributed by atoms with Crippen LogP contribution in [0, 0.1) is 11.7 Å². The van der Waals surface area contributed by atoms with E-state index in [1.807, 2.05) is 20.9 Å². The minimum atomic E-state index is -3.37. The maximum Gasteiger partial charge on any atom is 0.276 e. The fraction of sp³-hybridized carbons (Fsp3) is 0.571. The Hall–Kier alpha value is -2.02. The van der Waals surface area contributed by atoms with Crippen molar-refractivity contribution < 1.29 is 17.9 Å². The number of aromatic nitrogens is 2. The van der Waals surface area contributed by atoms with E-state index in [1.54, 1.807) is 6.20 Å². The summed E-state index contributed by atoms with van der Waals surface area (Å²) < 4.78 is 49.1. The molecule has 0 aliphatic carbocycles. The SMILES string of the molecule is CCCCN(C)Cc1cn[nH]c1-c1ccc(OCC(C)C)c(C(C)(F)F)c1F. The number of rotatable bonds is 10. The lowest BCUT2D eigenvalue weighted by atomic mass is 9.99. The fourth-order valence-electron chi connectivity index (χ4n) is 3.00. The highest BCUT2D eigenvalue weighted by molar-refractivity contribution is 5.66. The van der Waals surface area contributed by atoms with E-state index in [9.17, 15) is 8.78 Å². The van der Waals surface area contributed by atoms with E-state index in [1.165, 1.54) is 12.1 Å². The number of nitrogens with zero attached hydrogens (tertiary/aromatic N) is 2. The maximum atomic E-state index is 15.2. The number of hydrogen-bond donors (Lipinski definition) is 1. The van der Waals surface area contributed by atoms with Gasteiger partial charge in [0.1, 0.15) is 11.6 Å². The van der Waals surface area contributed by atoms with Gasteiger partial charge in [-0.2, -0.15) is 5.10 Å². The zero-order valence-corrected chi connectivity index (χ0v) is 17.3. The Morgan fingerprint density at radius 1 is 1.29 bits per heavy atom. The minimum Gasteiger partial charge on any atom is -0.493 e. The molecule has 0 spiro atoms. The molecule has 0 aliphatic rings. The lowest BCUT2D eigenvalue weighted by Crippen LogP contribution is -2.19. The molecule has 28 heavy (non-hydrogen) atoms. The number of unbranched alkanes of at least 4 members (excludes halogenated alkanes) is 1. The molecule has 7 heteroatoms. The molecule has 0 saturated heterocycles. The summed E-state index contributed by atoms with van der Waals surface area (Å²) in [6.07, 6.45) is 3.74. The van der Waals surface area contributed by atoms with E-state index in [-0.39, 0.29) is 23.8 Å². The standard InChI is InChI=1S/C21H30F3N3O/c1-6-7-10-27(5)12-15-11-25-26-20(15)16-8-9-17(28-13-14(2)3)18(19(16)22)21(4,23)24/h8-9,11,14H,6-7,10,12-13H2,1-5H3,(H,25,26). The molecule has 2 aromatic rings. The van der Waals surface area contributed by atoms with E-state index < -0.39 is 17.3 Å². The highest BCUT2D eigenvalue weighted by Crippen LogP contribution is 2.41. The second-order valence-corrected chi connectivity index (χ2v) is 7.76. The Bertz CT molecular complexity index is 769. The molecule has 1 N–H and O–H groups in total. The van der Waals surface area contributed by atoms with Crippen molar-refractivity contribution in [1.29, 1.82) is 0 Å². The predicted octanol–water partition coefficient (Wildman–Crippen LogP) is 5.59. The van der Waals surface area contributed by atoms with Crippen LogP contribution in [-0.4, -0.2) is 35.3 Å². The monoisotopic (exact) mass is 397 g/mol. The number of nitrogens with one attached hydrogen (secondary N) is 1. The van der Waals surface area contributed by atoms with Crippen molar-refractivity contribution in [1.82, 2.24) is 15.1 Å². The molecule has 0 saturated carbocycles. The molecule has 2 rings (SSSR count). The van der Waals surface area contributed by atoms with Crippen LogP contribution in [0.4, 0.5) is 13.2 Å². The van der Waals surface area contributed by atoms with Gasteiger partial charge in [-0.25, -0.2) is 13.2 Å². The molecule has 0 aliphatic heterocycles. The van der Waals surface area contributed by atoms with E-state index in [0.29, 0.717) is 19.2 Å². The highest BCUT2D eigenvalue weighted by Gasteiger charge is 2.35. The van der Waals surface area contributed by atoms with Gasteiger partial charge in [0.25, 0.3) is 5.92 Å². The Balaban J connectivity index is 2.41. The van der Waals surface area contributed by atoms with E-state index in [4.69, 9.17) is 4.74 Å². The molecular weight excluding hydrogens is 367 g/mol. The Morgan fingerprint density at radius 2 is 2.00 bits per heavy atom. The summed E-state index contributed by atoms with van der Waals surface area (Å²) in [5.74, 6) is -4.33. The first-order chi connectivity index (χ1) is 13.1. The number of hydrogen-bond acceptors (Lipinski definition) is 3. The quantitative estimate of drug-likeness (QED) is 0.568. The molecule has 4 nitrogen and oxygen atoms in total. The van der Waals surface area contributed by atoms with Crippen molar-refractivity contribution >= 4 is 0 Å². The number of aromatic amines is 1. The summed E-state index contributed by atoms with van der Waals surface area (Å²) in [6.45, 7) is 8.28. The third kappa shape index (κ3) is 5.50. The number of H-pyrrole nitrogens is 1. The van der Waals surface area contributed by atoms with Gasteiger partial charge in [0.2, 0.25) is 0 Å². The molecule has 1 aromatic carbocycles. The van der Waals surface area contributed by atoms with Crippen LogP contribution in [0.3, 0.4) is 0 Å². The summed E-state index contributed by atoms with van der Waals surface area (Å²) in [5.41, 5.74) is 0.538. The molecular formula is C21H30F3N3O. The number of benzene rings is 1. The molecule has 0 atom stereocenters. The van der Waals surface area contributed by atoms with E-state index >= 15 is 4.39 Å². The van der Waals surface area contributed by atoms with Gasteiger partial charge in [-0.3, -0.25) is 5.10 Å². The lowest BCUT2D eigenvalue weighted by molar-refractivity contribution is 0.0104. The van der Waals surface area contributed by atoms with Gasteiger partial charge in [0, 0.05) is 24.6 Å². The van der Waals surface area contributed by atoms with Crippen LogP contribution < -0.4 is 4.74 Å². The van der Waals surface area contributed by atoms with Gasteiger partial charge < -0.3 is 9.64 Å². The molecule has 0 bridgehead atoms. The smallest absolute Gasteiger partial charge is 0.276 e. The van der Waals surface area contributed by atoms with Crippen molar-refractivity contribution in [2.75, 3.05) is 20.2 Å². The average Bonchev–Trinajstić information content (AvgIpc) is 3.04. The maximum absolute atomic E-state index is 15.2. The minimum absolute atomic E-state index is 0.0739. The Morgan fingerprint density at radius 3 is 2.61 bits per heavy atom. The average molecular weight is 397 g/mol. The van der Waals surface area contributed by atoms with Crippen LogP contribution in [-0.2, 0) is 12.5 Å². The van der Waals surface area contributed by atoms with E-state index in [0.717, 1.165) is 24.9 Å². The molecule has 156 valence electrons. The molecule has 0 fully saturated rings. The van der Waals surface area contributed by atoms with Crippen molar-refractivity contribution in [3.8, 4) is 17.0 Å². The van der Waals surface area contributed by atoms with Crippen LogP contribution in [0.15, 0.2) is 18.3 Å². The van der Waals surface area contributed by atoms with Crippen LogP contribution >= 0.6 is 0 Å². The summed E-state index contributed by atoms with van der Waals surface area (Å²) in [5, 5.41) is 6.78. The third-order valence-electron chi connectivity index (χ3n) is 4.44. The zero-order valence-electron chi connectivity index (χ0n) is 17.3. The van der Waals surface area contributed by atoms with Gasteiger partial charge in [0.05, 0.1) is 24.1 Å². The topological polar surface area (TPSA) is 41.2 Å². The Kier molecular flexibility index (Phi) is 7.52. The van der Waals surface area contributed by atoms with Crippen LogP contribution in [0.2, 0.25) is 0 Å². The fourth-order valence-corrected chi connectivity index (χ4v) is 3.00. The summed E-state index contributed by atoms with van der Waals surface area (Å²) >= 11 is 0. The summed E-state index contributed by atoms with van der Waals surface area (Å²) in [6, 6.07) is 2.89.